The van der Waals surface area contributed by atoms with E-state index in [0.29, 0.717) is 35.8 Å². The number of benzene rings is 3. The van der Waals surface area contributed by atoms with Crippen LogP contribution in [0.4, 0.5) is 5.69 Å². The summed E-state index contributed by atoms with van der Waals surface area (Å²) in [6.07, 6.45) is 2.50. The number of carbonyl (C=O) groups excluding carboxylic acids is 1. The van der Waals surface area contributed by atoms with Crippen molar-refractivity contribution in [2.45, 2.75) is 24.2 Å². The third-order valence-corrected chi connectivity index (χ3v) is 8.46. The summed E-state index contributed by atoms with van der Waals surface area (Å²) in [5.41, 5.74) is 2.69. The van der Waals surface area contributed by atoms with E-state index in [2.05, 4.69) is 45.8 Å². The average molecular weight is 529 g/mol. The zero-order valence-corrected chi connectivity index (χ0v) is 22.3. The van der Waals surface area contributed by atoms with Gasteiger partial charge in [-0.2, -0.15) is 0 Å². The summed E-state index contributed by atoms with van der Waals surface area (Å²) in [5, 5.41) is 0.752. The average Bonchev–Trinajstić information content (AvgIpc) is 3.18. The quantitative estimate of drug-likeness (QED) is 0.366. The van der Waals surface area contributed by atoms with Crippen molar-refractivity contribution >= 4 is 32.5 Å². The molecular formula is C30H32N4O3S. The zero-order valence-electron chi connectivity index (χ0n) is 21.5. The number of carbonyl (C=O) groups is 1. The van der Waals surface area contributed by atoms with E-state index < -0.39 is 10.0 Å². The second kappa shape index (κ2) is 11.3. The first kappa shape index (κ1) is 25.9. The highest BCUT2D eigenvalue weighted by atomic mass is 32.2. The predicted octanol–water partition coefficient (Wildman–Crippen LogP) is 4.99. The van der Waals surface area contributed by atoms with E-state index in [9.17, 15) is 13.2 Å². The first-order chi connectivity index (χ1) is 18.4. The molecule has 196 valence electrons. The zero-order chi connectivity index (χ0) is 26.5. The van der Waals surface area contributed by atoms with Gasteiger partial charge in [-0.15, -0.1) is 0 Å². The molecule has 5 rings (SSSR count). The number of nitrogens with one attached hydrogen (secondary N) is 1. The summed E-state index contributed by atoms with van der Waals surface area (Å²) < 4.78 is 28.8. The lowest BCUT2D eigenvalue weighted by molar-refractivity contribution is 0.0761. The molecule has 4 aromatic rings. The molecule has 38 heavy (non-hydrogen) atoms. The van der Waals surface area contributed by atoms with Crippen LogP contribution in [-0.2, 0) is 10.0 Å². The fraction of sp³-hybridized carbons (Fsp3) is 0.267. The molecule has 0 saturated carbocycles. The minimum Gasteiger partial charge on any atom is -0.337 e. The number of pyridine rings is 1. The second-order valence-electron chi connectivity index (χ2n) is 9.77. The number of sulfonamides is 1. The van der Waals surface area contributed by atoms with Gasteiger partial charge in [0.2, 0.25) is 0 Å². The topological polar surface area (TPSA) is 82.6 Å². The van der Waals surface area contributed by atoms with Crippen molar-refractivity contribution < 1.29 is 13.2 Å². The molecule has 1 aromatic heterocycles. The van der Waals surface area contributed by atoms with Gasteiger partial charge in [0.15, 0.2) is 0 Å². The number of anilines is 1. The molecule has 1 fully saturated rings. The molecule has 1 atom stereocenters. The fourth-order valence-corrected chi connectivity index (χ4v) is 6.24. The third-order valence-electron chi connectivity index (χ3n) is 7.05. The number of nitrogens with zero attached hydrogens (tertiary/aromatic N) is 3. The first-order valence-corrected chi connectivity index (χ1v) is 14.4. The van der Waals surface area contributed by atoms with Crippen LogP contribution in [0.15, 0.2) is 96.0 Å². The monoisotopic (exact) mass is 528 g/mol. The number of hydrogen-bond acceptors (Lipinski definition) is 5. The highest BCUT2D eigenvalue weighted by Gasteiger charge is 2.22. The van der Waals surface area contributed by atoms with Crippen molar-refractivity contribution in [1.82, 2.24) is 14.8 Å². The molecule has 0 bridgehead atoms. The van der Waals surface area contributed by atoms with Gasteiger partial charge in [-0.1, -0.05) is 55.5 Å². The van der Waals surface area contributed by atoms with Crippen LogP contribution in [-0.4, -0.2) is 61.8 Å². The molecule has 0 radical (unpaired) electrons. The summed E-state index contributed by atoms with van der Waals surface area (Å²) in [6, 6.07) is 25.8. The first-order valence-electron chi connectivity index (χ1n) is 12.9. The molecule has 0 aliphatic carbocycles. The van der Waals surface area contributed by atoms with Gasteiger partial charge in [-0.3, -0.25) is 14.5 Å². The molecule has 1 unspecified atom stereocenters. The van der Waals surface area contributed by atoms with E-state index in [-0.39, 0.29) is 10.8 Å². The predicted molar refractivity (Wildman–Crippen MR) is 151 cm³/mol. The van der Waals surface area contributed by atoms with Crippen LogP contribution < -0.4 is 4.72 Å². The van der Waals surface area contributed by atoms with Gasteiger partial charge in [0.1, 0.15) is 4.90 Å². The molecule has 1 saturated heterocycles. The van der Waals surface area contributed by atoms with Crippen LogP contribution >= 0.6 is 0 Å². The van der Waals surface area contributed by atoms with E-state index >= 15 is 0 Å². The SMILES string of the molecule is CC(CN1CCCN(C(=O)c2ccc(NS(=O)(=O)c3cccc4cccnc34)cc2)CC1)c1ccccc1. The van der Waals surface area contributed by atoms with E-state index in [4.69, 9.17) is 0 Å². The largest absolute Gasteiger partial charge is 0.337 e. The molecule has 2 heterocycles. The Morgan fingerprint density at radius 2 is 1.66 bits per heavy atom. The summed E-state index contributed by atoms with van der Waals surface area (Å²) in [5.74, 6) is 0.398. The maximum Gasteiger partial charge on any atom is 0.264 e. The summed E-state index contributed by atoms with van der Waals surface area (Å²) >= 11 is 0. The van der Waals surface area contributed by atoms with Gasteiger partial charge in [0.25, 0.3) is 15.9 Å². The standard InChI is InChI=1S/C30H32N4O3S/c1-23(24-8-3-2-4-9-24)22-33-18-7-19-34(21-20-33)30(35)26-13-15-27(16-14-26)32-38(36,37)28-12-5-10-25-11-6-17-31-29(25)28/h2-6,8-17,23,32H,7,18-22H2,1H3. The molecule has 8 heteroatoms. The molecule has 1 aliphatic rings. The Kier molecular flexibility index (Phi) is 7.72. The van der Waals surface area contributed by atoms with Gasteiger partial charge >= 0.3 is 0 Å². The molecule has 1 amide bonds. The van der Waals surface area contributed by atoms with E-state index in [0.717, 1.165) is 31.4 Å². The van der Waals surface area contributed by atoms with Crippen LogP contribution in [0.5, 0.6) is 0 Å². The molecule has 0 spiro atoms. The van der Waals surface area contributed by atoms with Crippen LogP contribution in [0.1, 0.15) is 35.2 Å². The van der Waals surface area contributed by atoms with E-state index in [1.54, 1.807) is 48.7 Å². The molecule has 1 aliphatic heterocycles. The molecular weight excluding hydrogens is 496 g/mol. The van der Waals surface area contributed by atoms with Gasteiger partial charge in [-0.05, 0) is 60.8 Å². The number of amides is 1. The lowest BCUT2D eigenvalue weighted by Gasteiger charge is -2.25. The Balaban J connectivity index is 1.21. The van der Waals surface area contributed by atoms with Crippen LogP contribution in [0.3, 0.4) is 0 Å². The van der Waals surface area contributed by atoms with Gasteiger partial charge in [-0.25, -0.2) is 8.42 Å². The molecule has 3 aromatic carbocycles. The van der Waals surface area contributed by atoms with Crippen molar-refractivity contribution in [3.05, 3.63) is 102 Å². The van der Waals surface area contributed by atoms with Crippen LogP contribution in [0, 0.1) is 0 Å². The number of rotatable bonds is 7. The van der Waals surface area contributed by atoms with Gasteiger partial charge in [0, 0.05) is 49.0 Å². The maximum absolute atomic E-state index is 13.2. The second-order valence-corrected chi connectivity index (χ2v) is 11.4. The Morgan fingerprint density at radius 3 is 2.45 bits per heavy atom. The Labute approximate surface area is 224 Å². The summed E-state index contributed by atoms with van der Waals surface area (Å²) in [7, 11) is -3.85. The minimum absolute atomic E-state index is 0.0318. The van der Waals surface area contributed by atoms with E-state index in [1.165, 1.54) is 5.56 Å². The normalized spacial score (nSPS) is 15.7. The van der Waals surface area contributed by atoms with Crippen molar-refractivity contribution in [3.63, 3.8) is 0 Å². The Bertz CT molecular complexity index is 1500. The molecule has 7 nitrogen and oxygen atoms in total. The highest BCUT2D eigenvalue weighted by molar-refractivity contribution is 7.93. The number of aromatic nitrogens is 1. The van der Waals surface area contributed by atoms with Gasteiger partial charge in [0.05, 0.1) is 5.52 Å². The minimum atomic E-state index is -3.85. The smallest absolute Gasteiger partial charge is 0.264 e. The third kappa shape index (κ3) is 5.87. The van der Waals surface area contributed by atoms with Crippen molar-refractivity contribution in [2.24, 2.45) is 0 Å². The lowest BCUT2D eigenvalue weighted by Crippen LogP contribution is -2.36. The van der Waals surface area contributed by atoms with Crippen LogP contribution in [0.25, 0.3) is 10.9 Å². The maximum atomic E-state index is 13.2. The van der Waals surface area contributed by atoms with Crippen molar-refractivity contribution in [2.75, 3.05) is 37.4 Å². The van der Waals surface area contributed by atoms with Crippen molar-refractivity contribution in [3.8, 4) is 0 Å². The van der Waals surface area contributed by atoms with Crippen molar-refractivity contribution in [1.29, 1.82) is 0 Å². The number of fused-ring (bicyclic) bond motifs is 1. The summed E-state index contributed by atoms with van der Waals surface area (Å²) in [4.78, 5) is 21.9. The lowest BCUT2D eigenvalue weighted by atomic mass is 10.0. The van der Waals surface area contributed by atoms with Gasteiger partial charge < -0.3 is 9.80 Å². The van der Waals surface area contributed by atoms with E-state index in [1.807, 2.05) is 23.1 Å². The Morgan fingerprint density at radius 1 is 0.895 bits per heavy atom. The number of para-hydroxylation sites is 1. The highest BCUT2D eigenvalue weighted by Crippen LogP contribution is 2.24. The van der Waals surface area contributed by atoms with Crippen LogP contribution in [0.2, 0.25) is 0 Å². The Hall–Kier alpha value is -3.75. The summed E-state index contributed by atoms with van der Waals surface area (Å²) in [6.45, 7) is 6.38. The molecule has 1 N–H and O–H groups in total. The number of hydrogen-bond donors (Lipinski definition) is 1. The fourth-order valence-electron chi connectivity index (χ4n) is 5.00.